The van der Waals surface area contributed by atoms with Gasteiger partial charge in [0.05, 0.1) is 6.61 Å². The van der Waals surface area contributed by atoms with E-state index in [1.807, 2.05) is 37.3 Å². The predicted molar refractivity (Wildman–Crippen MR) is 75.7 cm³/mol. The summed E-state index contributed by atoms with van der Waals surface area (Å²) in [5.41, 5.74) is 3.10. The molecule has 0 amide bonds. The van der Waals surface area contributed by atoms with E-state index >= 15 is 0 Å². The van der Waals surface area contributed by atoms with Crippen molar-refractivity contribution in [2.45, 2.75) is 6.92 Å². The highest BCUT2D eigenvalue weighted by molar-refractivity contribution is 5.73. The average molecular weight is 258 g/mol. The van der Waals surface area contributed by atoms with Crippen LogP contribution in [0.3, 0.4) is 0 Å². The summed E-state index contributed by atoms with van der Waals surface area (Å²) in [4.78, 5) is 0. The van der Waals surface area contributed by atoms with Crippen LogP contribution in [-0.2, 0) is 4.74 Å². The number of methoxy groups -OCH3 is 1. The number of phenols is 1. The van der Waals surface area contributed by atoms with Gasteiger partial charge in [-0.1, -0.05) is 24.3 Å². The first kappa shape index (κ1) is 13.4. The van der Waals surface area contributed by atoms with Crippen LogP contribution in [-0.4, -0.2) is 25.4 Å². The Bertz CT molecular complexity index is 549. The number of aromatic hydroxyl groups is 1. The molecule has 0 aromatic heterocycles. The third-order valence-electron chi connectivity index (χ3n) is 2.93. The molecule has 0 bridgehead atoms. The zero-order chi connectivity index (χ0) is 13.7. The zero-order valence-corrected chi connectivity index (χ0v) is 11.2. The lowest BCUT2D eigenvalue weighted by molar-refractivity contribution is 0.146. The number of phenolic OH excluding ortho intramolecular Hbond substituents is 1. The highest BCUT2D eigenvalue weighted by atomic mass is 16.5. The maximum Gasteiger partial charge on any atom is 0.127 e. The largest absolute Gasteiger partial charge is 0.508 e. The number of ether oxygens (including phenoxy) is 2. The van der Waals surface area contributed by atoms with Gasteiger partial charge in [0.25, 0.3) is 0 Å². The number of hydrogen-bond donors (Lipinski definition) is 1. The first-order valence-corrected chi connectivity index (χ1v) is 6.23. The van der Waals surface area contributed by atoms with Crippen molar-refractivity contribution in [3.63, 3.8) is 0 Å². The molecule has 0 saturated heterocycles. The third kappa shape index (κ3) is 3.26. The van der Waals surface area contributed by atoms with Crippen LogP contribution in [0, 0.1) is 6.92 Å². The Hall–Kier alpha value is -2.00. The monoisotopic (exact) mass is 258 g/mol. The standard InChI is InChI=1S/C16H18O3/c1-12-11-13(17)7-8-14(12)15-5-3-4-6-16(15)19-10-9-18-2/h3-8,11,17H,9-10H2,1-2H3. The minimum Gasteiger partial charge on any atom is -0.508 e. The van der Waals surface area contributed by atoms with Gasteiger partial charge >= 0.3 is 0 Å². The lowest BCUT2D eigenvalue weighted by atomic mass is 9.99. The van der Waals surface area contributed by atoms with Gasteiger partial charge in [-0.05, 0) is 36.2 Å². The van der Waals surface area contributed by atoms with Gasteiger partial charge in [0.1, 0.15) is 18.1 Å². The highest BCUT2D eigenvalue weighted by Gasteiger charge is 2.08. The van der Waals surface area contributed by atoms with Gasteiger partial charge in [0.2, 0.25) is 0 Å². The molecule has 2 aromatic carbocycles. The molecular formula is C16H18O3. The maximum absolute atomic E-state index is 9.48. The number of benzene rings is 2. The van der Waals surface area contributed by atoms with Crippen molar-refractivity contribution in [1.29, 1.82) is 0 Å². The molecule has 0 heterocycles. The zero-order valence-electron chi connectivity index (χ0n) is 11.2. The molecule has 0 aliphatic carbocycles. The second-order valence-electron chi connectivity index (χ2n) is 4.34. The molecule has 0 saturated carbocycles. The number of para-hydroxylation sites is 1. The van der Waals surface area contributed by atoms with Crippen molar-refractivity contribution >= 4 is 0 Å². The van der Waals surface area contributed by atoms with Gasteiger partial charge < -0.3 is 14.6 Å². The first-order chi connectivity index (χ1) is 9.22. The van der Waals surface area contributed by atoms with E-state index in [9.17, 15) is 5.11 Å². The van der Waals surface area contributed by atoms with Crippen LogP contribution >= 0.6 is 0 Å². The molecule has 0 radical (unpaired) electrons. The Labute approximate surface area is 113 Å². The van der Waals surface area contributed by atoms with Crippen molar-refractivity contribution in [3.05, 3.63) is 48.0 Å². The first-order valence-electron chi connectivity index (χ1n) is 6.23. The minimum absolute atomic E-state index is 0.277. The lowest BCUT2D eigenvalue weighted by Gasteiger charge is -2.13. The van der Waals surface area contributed by atoms with Crippen molar-refractivity contribution in [2.75, 3.05) is 20.3 Å². The summed E-state index contributed by atoms with van der Waals surface area (Å²) in [5, 5.41) is 9.48. The van der Waals surface area contributed by atoms with Crippen LogP contribution in [0.4, 0.5) is 0 Å². The summed E-state index contributed by atoms with van der Waals surface area (Å²) in [6, 6.07) is 13.2. The van der Waals surface area contributed by atoms with E-state index in [0.717, 1.165) is 22.4 Å². The van der Waals surface area contributed by atoms with Crippen LogP contribution in [0.1, 0.15) is 5.56 Å². The second kappa shape index (κ2) is 6.25. The molecule has 100 valence electrons. The Kier molecular flexibility index (Phi) is 4.42. The molecule has 0 unspecified atom stereocenters. The quantitative estimate of drug-likeness (QED) is 0.835. The fourth-order valence-electron chi connectivity index (χ4n) is 2.00. The normalized spacial score (nSPS) is 10.4. The van der Waals surface area contributed by atoms with Crippen molar-refractivity contribution < 1.29 is 14.6 Å². The van der Waals surface area contributed by atoms with E-state index in [-0.39, 0.29) is 5.75 Å². The fourth-order valence-corrected chi connectivity index (χ4v) is 2.00. The van der Waals surface area contributed by atoms with E-state index in [4.69, 9.17) is 9.47 Å². The average Bonchev–Trinajstić information content (AvgIpc) is 2.40. The fraction of sp³-hybridized carbons (Fsp3) is 0.250. The van der Waals surface area contributed by atoms with Gasteiger partial charge in [0.15, 0.2) is 0 Å². The molecule has 0 spiro atoms. The molecule has 0 aliphatic heterocycles. The molecule has 3 heteroatoms. The molecule has 0 aliphatic rings. The molecule has 3 nitrogen and oxygen atoms in total. The number of aryl methyl sites for hydroxylation is 1. The molecule has 19 heavy (non-hydrogen) atoms. The van der Waals surface area contributed by atoms with E-state index in [1.165, 1.54) is 0 Å². The van der Waals surface area contributed by atoms with Crippen LogP contribution in [0.2, 0.25) is 0 Å². The summed E-state index contributed by atoms with van der Waals surface area (Å²) >= 11 is 0. The van der Waals surface area contributed by atoms with Crippen LogP contribution in [0.25, 0.3) is 11.1 Å². The van der Waals surface area contributed by atoms with Gasteiger partial charge in [-0.2, -0.15) is 0 Å². The lowest BCUT2D eigenvalue weighted by Crippen LogP contribution is -2.05. The molecular weight excluding hydrogens is 240 g/mol. The van der Waals surface area contributed by atoms with Crippen LogP contribution < -0.4 is 4.74 Å². The smallest absolute Gasteiger partial charge is 0.127 e. The Morgan fingerprint density at radius 3 is 2.53 bits per heavy atom. The summed E-state index contributed by atoms with van der Waals surface area (Å²) in [6.45, 7) is 3.05. The highest BCUT2D eigenvalue weighted by Crippen LogP contribution is 2.33. The SMILES string of the molecule is COCCOc1ccccc1-c1ccc(O)cc1C. The predicted octanol–water partition coefficient (Wildman–Crippen LogP) is 3.39. The van der Waals surface area contributed by atoms with Gasteiger partial charge in [-0.3, -0.25) is 0 Å². The van der Waals surface area contributed by atoms with Crippen molar-refractivity contribution in [3.8, 4) is 22.6 Å². The summed E-state index contributed by atoms with van der Waals surface area (Å²) in [6.07, 6.45) is 0. The molecule has 2 aromatic rings. The Morgan fingerprint density at radius 2 is 1.79 bits per heavy atom. The summed E-state index contributed by atoms with van der Waals surface area (Å²) < 4.78 is 10.7. The van der Waals surface area contributed by atoms with Crippen LogP contribution in [0.5, 0.6) is 11.5 Å². The van der Waals surface area contributed by atoms with Crippen molar-refractivity contribution in [2.24, 2.45) is 0 Å². The van der Waals surface area contributed by atoms with Gasteiger partial charge in [0, 0.05) is 12.7 Å². The number of hydrogen-bond acceptors (Lipinski definition) is 3. The van der Waals surface area contributed by atoms with E-state index in [1.54, 1.807) is 19.2 Å². The number of rotatable bonds is 5. The summed E-state index contributed by atoms with van der Waals surface area (Å²) in [5.74, 6) is 1.10. The van der Waals surface area contributed by atoms with Gasteiger partial charge in [-0.15, -0.1) is 0 Å². The Morgan fingerprint density at radius 1 is 1.00 bits per heavy atom. The third-order valence-corrected chi connectivity index (χ3v) is 2.93. The van der Waals surface area contributed by atoms with E-state index in [2.05, 4.69) is 0 Å². The maximum atomic E-state index is 9.48. The molecule has 0 fully saturated rings. The molecule has 0 atom stereocenters. The van der Waals surface area contributed by atoms with Crippen LogP contribution in [0.15, 0.2) is 42.5 Å². The second-order valence-corrected chi connectivity index (χ2v) is 4.34. The van der Waals surface area contributed by atoms with Crippen molar-refractivity contribution in [1.82, 2.24) is 0 Å². The Balaban J connectivity index is 2.33. The van der Waals surface area contributed by atoms with Gasteiger partial charge in [-0.25, -0.2) is 0 Å². The minimum atomic E-state index is 0.277. The van der Waals surface area contributed by atoms with E-state index < -0.39 is 0 Å². The topological polar surface area (TPSA) is 38.7 Å². The molecule has 2 rings (SSSR count). The van der Waals surface area contributed by atoms with E-state index in [0.29, 0.717) is 13.2 Å². The molecule has 1 N–H and O–H groups in total. The summed E-state index contributed by atoms with van der Waals surface area (Å²) in [7, 11) is 1.65.